The SMILES string of the molecule is COc1c(N)cccc1-c1nnnn1CC1CC1(C)C. The Labute approximate surface area is 117 Å². The molecule has 6 heteroatoms. The van der Waals surface area contributed by atoms with Crippen LogP contribution in [-0.2, 0) is 6.54 Å². The summed E-state index contributed by atoms with van der Waals surface area (Å²) >= 11 is 0. The van der Waals surface area contributed by atoms with Gasteiger partial charge < -0.3 is 10.5 Å². The van der Waals surface area contributed by atoms with E-state index in [-0.39, 0.29) is 0 Å². The van der Waals surface area contributed by atoms with E-state index in [1.165, 1.54) is 6.42 Å². The molecule has 1 aliphatic rings. The van der Waals surface area contributed by atoms with E-state index in [0.29, 0.717) is 28.6 Å². The van der Waals surface area contributed by atoms with Gasteiger partial charge in [-0.25, -0.2) is 4.68 Å². The summed E-state index contributed by atoms with van der Waals surface area (Å²) in [6, 6.07) is 5.61. The van der Waals surface area contributed by atoms with Gasteiger partial charge in [0.25, 0.3) is 0 Å². The molecule has 1 heterocycles. The molecule has 1 unspecified atom stereocenters. The van der Waals surface area contributed by atoms with Crippen molar-refractivity contribution in [3.05, 3.63) is 18.2 Å². The minimum Gasteiger partial charge on any atom is -0.494 e. The van der Waals surface area contributed by atoms with Gasteiger partial charge in [-0.2, -0.15) is 0 Å². The number of tetrazole rings is 1. The molecular formula is C14H19N5O. The lowest BCUT2D eigenvalue weighted by Crippen LogP contribution is -2.08. The van der Waals surface area contributed by atoms with E-state index in [4.69, 9.17) is 10.5 Å². The van der Waals surface area contributed by atoms with E-state index >= 15 is 0 Å². The average Bonchev–Trinajstić information content (AvgIpc) is 2.82. The average molecular weight is 273 g/mol. The molecule has 1 fully saturated rings. The number of nitrogens with zero attached hydrogens (tertiary/aromatic N) is 4. The number of nitrogens with two attached hydrogens (primary N) is 1. The Hall–Kier alpha value is -2.11. The molecule has 0 radical (unpaired) electrons. The Bertz CT molecular complexity index is 634. The second-order valence-corrected chi connectivity index (χ2v) is 6.00. The highest BCUT2D eigenvalue weighted by Gasteiger charge is 2.46. The second kappa shape index (κ2) is 4.47. The fourth-order valence-electron chi connectivity index (χ4n) is 2.58. The van der Waals surface area contributed by atoms with Crippen LogP contribution < -0.4 is 10.5 Å². The lowest BCUT2D eigenvalue weighted by molar-refractivity contribution is 0.417. The highest BCUT2D eigenvalue weighted by Crippen LogP contribution is 2.52. The summed E-state index contributed by atoms with van der Waals surface area (Å²) in [7, 11) is 1.60. The van der Waals surface area contributed by atoms with Gasteiger partial charge in [-0.3, -0.25) is 0 Å². The Kier molecular flexibility index (Phi) is 2.88. The van der Waals surface area contributed by atoms with Crippen molar-refractivity contribution in [3.8, 4) is 17.1 Å². The number of para-hydroxylation sites is 1. The third-order valence-corrected chi connectivity index (χ3v) is 4.13. The molecular weight excluding hydrogens is 254 g/mol. The highest BCUT2D eigenvalue weighted by molar-refractivity contribution is 5.73. The third kappa shape index (κ3) is 2.11. The number of hydrogen-bond donors (Lipinski definition) is 1. The lowest BCUT2D eigenvalue weighted by Gasteiger charge is -2.11. The molecule has 0 saturated heterocycles. The van der Waals surface area contributed by atoms with E-state index in [1.807, 2.05) is 16.8 Å². The van der Waals surface area contributed by atoms with E-state index in [0.717, 1.165) is 12.1 Å². The smallest absolute Gasteiger partial charge is 0.185 e. The zero-order chi connectivity index (χ0) is 14.3. The van der Waals surface area contributed by atoms with Crippen molar-refractivity contribution in [2.24, 2.45) is 11.3 Å². The maximum atomic E-state index is 5.94. The van der Waals surface area contributed by atoms with Crippen LogP contribution in [0.15, 0.2) is 18.2 Å². The molecule has 1 aromatic carbocycles. The van der Waals surface area contributed by atoms with Crippen molar-refractivity contribution in [1.29, 1.82) is 0 Å². The molecule has 1 aliphatic carbocycles. The van der Waals surface area contributed by atoms with Crippen molar-refractivity contribution >= 4 is 5.69 Å². The van der Waals surface area contributed by atoms with Gasteiger partial charge in [-0.05, 0) is 40.3 Å². The first-order chi connectivity index (χ1) is 9.53. The van der Waals surface area contributed by atoms with Crippen LogP contribution in [0.5, 0.6) is 5.75 Å². The monoisotopic (exact) mass is 273 g/mol. The highest BCUT2D eigenvalue weighted by atomic mass is 16.5. The van der Waals surface area contributed by atoms with Crippen LogP contribution in [0.4, 0.5) is 5.69 Å². The number of ether oxygens (including phenoxy) is 1. The van der Waals surface area contributed by atoms with Gasteiger partial charge in [-0.1, -0.05) is 19.9 Å². The van der Waals surface area contributed by atoms with Crippen LogP contribution in [0, 0.1) is 11.3 Å². The third-order valence-electron chi connectivity index (χ3n) is 4.13. The predicted octanol–water partition coefficient (Wildman–Crippen LogP) is 1.98. The summed E-state index contributed by atoms with van der Waals surface area (Å²) in [5.41, 5.74) is 7.75. The number of nitrogen functional groups attached to an aromatic ring is 1. The van der Waals surface area contributed by atoms with E-state index in [9.17, 15) is 0 Å². The molecule has 0 aliphatic heterocycles. The largest absolute Gasteiger partial charge is 0.494 e. The predicted molar refractivity (Wildman–Crippen MR) is 76.1 cm³/mol. The van der Waals surface area contributed by atoms with E-state index < -0.39 is 0 Å². The zero-order valence-electron chi connectivity index (χ0n) is 12.0. The molecule has 3 rings (SSSR count). The summed E-state index contributed by atoms with van der Waals surface area (Å²) in [5.74, 6) is 1.95. The molecule has 106 valence electrons. The van der Waals surface area contributed by atoms with Crippen molar-refractivity contribution in [1.82, 2.24) is 20.2 Å². The zero-order valence-corrected chi connectivity index (χ0v) is 12.0. The lowest BCUT2D eigenvalue weighted by atomic mass is 10.1. The number of aromatic nitrogens is 4. The molecule has 20 heavy (non-hydrogen) atoms. The molecule has 0 bridgehead atoms. The number of benzene rings is 1. The van der Waals surface area contributed by atoms with Crippen molar-refractivity contribution < 1.29 is 4.74 Å². The molecule has 1 atom stereocenters. The Balaban J connectivity index is 1.96. The summed E-state index contributed by atoms with van der Waals surface area (Å²) < 4.78 is 7.23. The van der Waals surface area contributed by atoms with Crippen LogP contribution in [0.2, 0.25) is 0 Å². The maximum Gasteiger partial charge on any atom is 0.185 e. The molecule has 2 aromatic rings. The van der Waals surface area contributed by atoms with E-state index in [1.54, 1.807) is 13.2 Å². The number of hydrogen-bond acceptors (Lipinski definition) is 5. The van der Waals surface area contributed by atoms with Crippen LogP contribution in [0.25, 0.3) is 11.4 Å². The standard InChI is InChI=1S/C14H19N5O/c1-14(2)7-9(14)8-19-13(16-17-18-19)10-5-4-6-11(15)12(10)20-3/h4-6,9H,7-8,15H2,1-3H3. The van der Waals surface area contributed by atoms with Gasteiger partial charge in [0.1, 0.15) is 0 Å². The molecule has 1 aromatic heterocycles. The van der Waals surface area contributed by atoms with E-state index in [2.05, 4.69) is 29.4 Å². The van der Waals surface area contributed by atoms with Crippen LogP contribution in [0.1, 0.15) is 20.3 Å². The minimum absolute atomic E-state index is 0.392. The van der Waals surface area contributed by atoms with Crippen molar-refractivity contribution in [2.75, 3.05) is 12.8 Å². The Morgan fingerprint density at radius 2 is 2.20 bits per heavy atom. The number of anilines is 1. The van der Waals surface area contributed by atoms with Crippen LogP contribution in [0.3, 0.4) is 0 Å². The van der Waals surface area contributed by atoms with Gasteiger partial charge >= 0.3 is 0 Å². The quantitative estimate of drug-likeness (QED) is 0.862. The molecule has 0 amide bonds. The molecule has 6 nitrogen and oxygen atoms in total. The fourth-order valence-corrected chi connectivity index (χ4v) is 2.58. The van der Waals surface area contributed by atoms with Gasteiger partial charge in [0, 0.05) is 6.54 Å². The van der Waals surface area contributed by atoms with Crippen LogP contribution in [-0.4, -0.2) is 27.3 Å². The van der Waals surface area contributed by atoms with Gasteiger partial charge in [-0.15, -0.1) is 5.10 Å². The summed E-state index contributed by atoms with van der Waals surface area (Å²) in [5, 5.41) is 12.0. The van der Waals surface area contributed by atoms with Gasteiger partial charge in [0.2, 0.25) is 0 Å². The van der Waals surface area contributed by atoms with Crippen LogP contribution >= 0.6 is 0 Å². The maximum absolute atomic E-state index is 5.94. The number of methoxy groups -OCH3 is 1. The minimum atomic E-state index is 0.392. The Morgan fingerprint density at radius 1 is 1.45 bits per heavy atom. The number of rotatable bonds is 4. The van der Waals surface area contributed by atoms with Crippen molar-refractivity contribution in [3.63, 3.8) is 0 Å². The fraction of sp³-hybridized carbons (Fsp3) is 0.500. The molecule has 1 saturated carbocycles. The first-order valence-electron chi connectivity index (χ1n) is 6.72. The summed E-state index contributed by atoms with van der Waals surface area (Å²) in [6.07, 6.45) is 1.21. The Morgan fingerprint density at radius 3 is 2.85 bits per heavy atom. The van der Waals surface area contributed by atoms with Gasteiger partial charge in [0.05, 0.1) is 18.4 Å². The second-order valence-electron chi connectivity index (χ2n) is 6.00. The topological polar surface area (TPSA) is 78.8 Å². The summed E-state index contributed by atoms with van der Waals surface area (Å²) in [6.45, 7) is 5.36. The molecule has 2 N–H and O–H groups in total. The summed E-state index contributed by atoms with van der Waals surface area (Å²) in [4.78, 5) is 0. The van der Waals surface area contributed by atoms with Gasteiger partial charge in [0.15, 0.2) is 11.6 Å². The first kappa shape index (κ1) is 12.9. The molecule has 0 spiro atoms. The first-order valence-corrected chi connectivity index (χ1v) is 6.72. The normalized spacial score (nSPS) is 19.9. The van der Waals surface area contributed by atoms with Crippen molar-refractivity contribution in [2.45, 2.75) is 26.8 Å².